The number of hydrogen-bond acceptors (Lipinski definition) is 4. The van der Waals surface area contributed by atoms with E-state index in [4.69, 9.17) is 0 Å². The summed E-state index contributed by atoms with van der Waals surface area (Å²) in [7, 11) is 0. The van der Waals surface area contributed by atoms with Gasteiger partial charge in [0.25, 0.3) is 5.91 Å². The third kappa shape index (κ3) is 4.00. The molecule has 25 heavy (non-hydrogen) atoms. The second kappa shape index (κ2) is 7.68. The van der Waals surface area contributed by atoms with Crippen LogP contribution in [-0.4, -0.2) is 33.8 Å². The Kier molecular flexibility index (Phi) is 5.36. The van der Waals surface area contributed by atoms with E-state index < -0.39 is 0 Å². The molecule has 1 amide bonds. The van der Waals surface area contributed by atoms with Crippen molar-refractivity contribution >= 4 is 17.4 Å². The first-order valence-corrected chi connectivity index (χ1v) is 9.17. The van der Waals surface area contributed by atoms with Crippen LogP contribution in [0.4, 0.5) is 11.5 Å². The molecule has 134 valence electrons. The minimum atomic E-state index is -0.197. The lowest BCUT2D eigenvalue weighted by molar-refractivity contribution is 0.102. The number of hydrogen-bond donors (Lipinski definition) is 1. The molecule has 1 atom stereocenters. The number of amides is 1. The van der Waals surface area contributed by atoms with Gasteiger partial charge in [0.15, 0.2) is 5.69 Å². The Balaban J connectivity index is 1.66. The zero-order valence-electron chi connectivity index (χ0n) is 15.3. The Hall–Kier alpha value is -2.37. The summed E-state index contributed by atoms with van der Waals surface area (Å²) in [5.74, 6) is 0.785. The molecule has 1 unspecified atom stereocenters. The molecule has 1 saturated heterocycles. The summed E-state index contributed by atoms with van der Waals surface area (Å²) >= 11 is 0. The molecule has 0 radical (unpaired) electrons. The van der Waals surface area contributed by atoms with Crippen molar-refractivity contribution in [1.29, 1.82) is 0 Å². The highest BCUT2D eigenvalue weighted by molar-refractivity contribution is 6.02. The minimum Gasteiger partial charge on any atom is -0.357 e. The first kappa shape index (κ1) is 17.5. The maximum Gasteiger partial charge on any atom is 0.276 e. The van der Waals surface area contributed by atoms with Gasteiger partial charge in [0, 0.05) is 24.8 Å². The Labute approximate surface area is 149 Å². The van der Waals surface area contributed by atoms with Gasteiger partial charge in [0.1, 0.15) is 5.82 Å². The summed E-state index contributed by atoms with van der Waals surface area (Å²) < 4.78 is 1.91. The van der Waals surface area contributed by atoms with Gasteiger partial charge in [-0.1, -0.05) is 6.92 Å². The highest BCUT2D eigenvalue weighted by Crippen LogP contribution is 2.20. The standard InChI is InChI=1S/C19H27N5O/c1-4-14(2)24-15(3)12-17(22-24)19(25)21-16-8-9-18(20-13-16)23-10-6-5-7-11-23/h8-9,12-14H,4-7,10-11H2,1-3H3,(H,21,25). The Morgan fingerprint density at radius 2 is 2.04 bits per heavy atom. The quantitative estimate of drug-likeness (QED) is 0.898. The number of anilines is 2. The first-order chi connectivity index (χ1) is 12.1. The fourth-order valence-corrected chi connectivity index (χ4v) is 3.18. The molecule has 6 nitrogen and oxygen atoms in total. The average molecular weight is 341 g/mol. The van der Waals surface area contributed by atoms with E-state index in [1.165, 1.54) is 19.3 Å². The van der Waals surface area contributed by atoms with Crippen LogP contribution >= 0.6 is 0 Å². The van der Waals surface area contributed by atoms with Crippen LogP contribution in [0.3, 0.4) is 0 Å². The van der Waals surface area contributed by atoms with E-state index in [1.807, 2.05) is 29.8 Å². The molecule has 1 fully saturated rings. The molecule has 2 aromatic rings. The third-order valence-corrected chi connectivity index (χ3v) is 4.85. The summed E-state index contributed by atoms with van der Waals surface area (Å²) in [6.45, 7) is 8.31. The van der Waals surface area contributed by atoms with E-state index in [0.717, 1.165) is 31.0 Å². The minimum absolute atomic E-state index is 0.197. The number of piperidine rings is 1. The van der Waals surface area contributed by atoms with E-state index >= 15 is 0 Å². The van der Waals surface area contributed by atoms with Crippen molar-refractivity contribution in [2.45, 2.75) is 52.5 Å². The molecule has 1 N–H and O–H groups in total. The molecule has 0 aromatic carbocycles. The van der Waals surface area contributed by atoms with Crippen LogP contribution in [0.2, 0.25) is 0 Å². The fourth-order valence-electron chi connectivity index (χ4n) is 3.18. The van der Waals surface area contributed by atoms with Crippen LogP contribution in [0.15, 0.2) is 24.4 Å². The zero-order chi connectivity index (χ0) is 17.8. The van der Waals surface area contributed by atoms with Gasteiger partial charge in [-0.15, -0.1) is 0 Å². The Bertz CT molecular complexity index is 716. The molecular formula is C19H27N5O. The predicted octanol–water partition coefficient (Wildman–Crippen LogP) is 3.80. The van der Waals surface area contributed by atoms with Crippen LogP contribution in [0.5, 0.6) is 0 Å². The van der Waals surface area contributed by atoms with Gasteiger partial charge < -0.3 is 10.2 Å². The number of nitrogens with zero attached hydrogens (tertiary/aromatic N) is 4. The van der Waals surface area contributed by atoms with E-state index in [2.05, 4.69) is 34.1 Å². The molecule has 1 aliphatic rings. The number of nitrogens with one attached hydrogen (secondary N) is 1. The van der Waals surface area contributed by atoms with Crippen molar-refractivity contribution in [2.75, 3.05) is 23.3 Å². The van der Waals surface area contributed by atoms with Crippen molar-refractivity contribution in [1.82, 2.24) is 14.8 Å². The zero-order valence-corrected chi connectivity index (χ0v) is 15.3. The molecule has 1 aliphatic heterocycles. The third-order valence-electron chi connectivity index (χ3n) is 4.85. The summed E-state index contributed by atoms with van der Waals surface area (Å²) in [6.07, 6.45) is 6.44. The maximum absolute atomic E-state index is 12.5. The number of carbonyl (C=O) groups excluding carboxylic acids is 1. The number of rotatable bonds is 5. The van der Waals surface area contributed by atoms with Crippen molar-refractivity contribution in [3.63, 3.8) is 0 Å². The predicted molar refractivity (Wildman–Crippen MR) is 100 cm³/mol. The molecule has 0 bridgehead atoms. The van der Waals surface area contributed by atoms with Gasteiger partial charge >= 0.3 is 0 Å². The fraction of sp³-hybridized carbons (Fsp3) is 0.526. The summed E-state index contributed by atoms with van der Waals surface area (Å²) in [5.41, 5.74) is 2.14. The van der Waals surface area contributed by atoms with Gasteiger partial charge in [-0.3, -0.25) is 9.48 Å². The highest BCUT2D eigenvalue weighted by atomic mass is 16.2. The van der Waals surface area contributed by atoms with E-state index in [0.29, 0.717) is 11.4 Å². The Morgan fingerprint density at radius 3 is 2.68 bits per heavy atom. The van der Waals surface area contributed by atoms with Crippen molar-refractivity contribution < 1.29 is 4.79 Å². The molecule has 3 rings (SSSR count). The molecule has 0 aliphatic carbocycles. The lowest BCUT2D eigenvalue weighted by Crippen LogP contribution is -2.30. The normalized spacial score (nSPS) is 15.9. The Morgan fingerprint density at radius 1 is 1.28 bits per heavy atom. The monoisotopic (exact) mass is 341 g/mol. The smallest absolute Gasteiger partial charge is 0.276 e. The van der Waals surface area contributed by atoms with Crippen LogP contribution in [0, 0.1) is 6.92 Å². The molecule has 3 heterocycles. The maximum atomic E-state index is 12.5. The number of carbonyl (C=O) groups is 1. The first-order valence-electron chi connectivity index (χ1n) is 9.17. The van der Waals surface area contributed by atoms with Crippen LogP contribution < -0.4 is 10.2 Å². The van der Waals surface area contributed by atoms with E-state index in [-0.39, 0.29) is 11.9 Å². The van der Waals surface area contributed by atoms with Crippen molar-refractivity contribution in [3.05, 3.63) is 35.8 Å². The van der Waals surface area contributed by atoms with Crippen molar-refractivity contribution in [2.24, 2.45) is 0 Å². The van der Waals surface area contributed by atoms with E-state index in [9.17, 15) is 4.79 Å². The summed E-state index contributed by atoms with van der Waals surface area (Å²) in [5, 5.41) is 7.33. The second-order valence-electron chi connectivity index (χ2n) is 6.78. The number of aromatic nitrogens is 3. The average Bonchev–Trinajstić information content (AvgIpc) is 3.04. The lowest BCUT2D eigenvalue weighted by atomic mass is 10.1. The molecule has 0 saturated carbocycles. The molecule has 0 spiro atoms. The van der Waals surface area contributed by atoms with Crippen molar-refractivity contribution in [3.8, 4) is 0 Å². The van der Waals surface area contributed by atoms with Gasteiger partial charge in [0.05, 0.1) is 11.9 Å². The van der Waals surface area contributed by atoms with Gasteiger partial charge in [-0.25, -0.2) is 4.98 Å². The largest absolute Gasteiger partial charge is 0.357 e. The van der Waals surface area contributed by atoms with Crippen LogP contribution in [0.25, 0.3) is 0 Å². The number of aryl methyl sites for hydroxylation is 1. The SMILES string of the molecule is CCC(C)n1nc(C(=O)Nc2ccc(N3CCCCC3)nc2)cc1C. The van der Waals surface area contributed by atoms with Crippen LogP contribution in [0.1, 0.15) is 61.8 Å². The van der Waals surface area contributed by atoms with Gasteiger partial charge in [-0.05, 0) is 57.7 Å². The topological polar surface area (TPSA) is 63.1 Å². The summed E-state index contributed by atoms with van der Waals surface area (Å²) in [4.78, 5) is 19.2. The summed E-state index contributed by atoms with van der Waals surface area (Å²) in [6, 6.07) is 6.00. The molecule has 6 heteroatoms. The molecular weight excluding hydrogens is 314 g/mol. The highest BCUT2D eigenvalue weighted by Gasteiger charge is 2.16. The number of pyridine rings is 1. The molecule has 2 aromatic heterocycles. The lowest BCUT2D eigenvalue weighted by Gasteiger charge is -2.27. The van der Waals surface area contributed by atoms with Crippen LogP contribution in [-0.2, 0) is 0 Å². The second-order valence-corrected chi connectivity index (χ2v) is 6.78. The van der Waals surface area contributed by atoms with Gasteiger partial charge in [-0.2, -0.15) is 5.10 Å². The van der Waals surface area contributed by atoms with Gasteiger partial charge in [0.2, 0.25) is 0 Å². The van der Waals surface area contributed by atoms with E-state index in [1.54, 1.807) is 6.20 Å².